The van der Waals surface area contributed by atoms with Crippen molar-refractivity contribution in [3.63, 3.8) is 0 Å². The van der Waals surface area contributed by atoms with Crippen molar-refractivity contribution in [2.45, 2.75) is 19.5 Å². The highest BCUT2D eigenvalue weighted by molar-refractivity contribution is 5.91. The number of nitrogens with one attached hydrogen (secondary N) is 2. The van der Waals surface area contributed by atoms with Crippen molar-refractivity contribution in [3.05, 3.63) is 35.4 Å². The highest BCUT2D eigenvalue weighted by Crippen LogP contribution is 2.10. The van der Waals surface area contributed by atoms with Gasteiger partial charge in [-0.15, -0.1) is 5.10 Å². The largest absolute Gasteiger partial charge is 0.350 e. The summed E-state index contributed by atoms with van der Waals surface area (Å²) < 4.78 is 3.80. The van der Waals surface area contributed by atoms with Gasteiger partial charge in [0.15, 0.2) is 5.69 Å². The second kappa shape index (κ2) is 5.09. The summed E-state index contributed by atoms with van der Waals surface area (Å²) in [6, 6.07) is 4.35. The maximum Gasteiger partial charge on any atom is 0.273 e. The van der Waals surface area contributed by atoms with Crippen LogP contribution in [0.3, 0.4) is 0 Å². The molecule has 0 unspecified atom stereocenters. The van der Waals surface area contributed by atoms with Crippen LogP contribution < -0.4 is 10.6 Å². The minimum absolute atomic E-state index is 0.192. The van der Waals surface area contributed by atoms with Gasteiger partial charge in [-0.2, -0.15) is 0 Å². The van der Waals surface area contributed by atoms with Gasteiger partial charge in [0, 0.05) is 31.5 Å². The lowest BCUT2D eigenvalue weighted by Gasteiger charge is -2.26. The van der Waals surface area contributed by atoms with Crippen LogP contribution in [-0.2, 0) is 13.6 Å². The zero-order chi connectivity index (χ0) is 14.1. The quantitative estimate of drug-likeness (QED) is 0.823. The Kier molecular flexibility index (Phi) is 3.27. The summed E-state index contributed by atoms with van der Waals surface area (Å²) in [5.74, 6) is -0.192. The number of hydrogen-bond acceptors (Lipinski definition) is 4. The predicted octanol–water partition coefficient (Wildman–Crippen LogP) is -0.000680. The molecule has 2 N–H and O–H groups in total. The van der Waals surface area contributed by atoms with Crippen LogP contribution in [0.4, 0.5) is 0 Å². The molecule has 20 heavy (non-hydrogen) atoms. The van der Waals surface area contributed by atoms with Crippen molar-refractivity contribution in [2.24, 2.45) is 7.05 Å². The van der Waals surface area contributed by atoms with Gasteiger partial charge in [-0.05, 0) is 19.1 Å². The number of rotatable bonds is 4. The fourth-order valence-corrected chi connectivity index (χ4v) is 2.13. The van der Waals surface area contributed by atoms with E-state index in [-0.39, 0.29) is 5.91 Å². The van der Waals surface area contributed by atoms with E-state index in [0.717, 1.165) is 24.5 Å². The highest BCUT2D eigenvalue weighted by Gasteiger charge is 2.21. The molecule has 3 heterocycles. The summed E-state index contributed by atoms with van der Waals surface area (Å²) in [7, 11) is 1.98. The Morgan fingerprint density at radius 3 is 2.90 bits per heavy atom. The molecule has 0 bridgehead atoms. The maximum absolute atomic E-state index is 12.0. The molecule has 0 aromatic carbocycles. The summed E-state index contributed by atoms with van der Waals surface area (Å²) in [5, 5.41) is 13.9. The molecule has 7 nitrogen and oxygen atoms in total. The molecule has 3 rings (SSSR count). The molecule has 106 valence electrons. The first-order valence-electron chi connectivity index (χ1n) is 6.67. The topological polar surface area (TPSA) is 76.8 Å². The van der Waals surface area contributed by atoms with Crippen molar-refractivity contribution >= 4 is 5.91 Å². The third kappa shape index (κ3) is 2.32. The van der Waals surface area contributed by atoms with Crippen LogP contribution in [0.25, 0.3) is 0 Å². The Labute approximate surface area is 117 Å². The van der Waals surface area contributed by atoms with Crippen LogP contribution in [0.1, 0.15) is 27.9 Å². The number of aryl methyl sites for hydroxylation is 1. The van der Waals surface area contributed by atoms with Gasteiger partial charge in [0.1, 0.15) is 0 Å². The van der Waals surface area contributed by atoms with E-state index in [1.165, 1.54) is 0 Å². The zero-order valence-corrected chi connectivity index (χ0v) is 11.6. The van der Waals surface area contributed by atoms with Crippen LogP contribution in [0.5, 0.6) is 0 Å². The van der Waals surface area contributed by atoms with Gasteiger partial charge in [0.05, 0.1) is 18.8 Å². The summed E-state index contributed by atoms with van der Waals surface area (Å²) in [4.78, 5) is 12.0. The number of carbonyl (C=O) groups excluding carboxylic acids is 1. The van der Waals surface area contributed by atoms with Crippen molar-refractivity contribution in [3.8, 4) is 0 Å². The first-order chi connectivity index (χ1) is 9.65. The van der Waals surface area contributed by atoms with Gasteiger partial charge in [-0.1, -0.05) is 5.21 Å². The SMILES string of the molecule is Cc1ccc(CNC(=O)c2cn(C3CNC3)nn2)n1C. The first kappa shape index (κ1) is 12.9. The van der Waals surface area contributed by atoms with Crippen molar-refractivity contribution in [1.82, 2.24) is 30.2 Å². The second-order valence-corrected chi connectivity index (χ2v) is 5.10. The fraction of sp³-hybridized carbons (Fsp3) is 0.462. The predicted molar refractivity (Wildman–Crippen MR) is 73.2 cm³/mol. The molecule has 0 spiro atoms. The maximum atomic E-state index is 12.0. The minimum atomic E-state index is -0.192. The van der Waals surface area contributed by atoms with E-state index in [9.17, 15) is 4.79 Å². The Hall–Kier alpha value is -2.15. The van der Waals surface area contributed by atoms with E-state index in [1.54, 1.807) is 10.9 Å². The summed E-state index contributed by atoms with van der Waals surface area (Å²) in [6.45, 7) is 4.28. The molecule has 2 aromatic heterocycles. The van der Waals surface area contributed by atoms with Crippen LogP contribution in [-0.4, -0.2) is 38.6 Å². The molecule has 1 aliphatic rings. The van der Waals surface area contributed by atoms with Gasteiger partial charge in [-0.25, -0.2) is 4.68 Å². The third-order valence-electron chi connectivity index (χ3n) is 3.78. The molecule has 0 atom stereocenters. The molecule has 1 amide bonds. The van der Waals surface area contributed by atoms with Gasteiger partial charge in [-0.3, -0.25) is 4.79 Å². The minimum Gasteiger partial charge on any atom is -0.350 e. The Balaban J connectivity index is 1.61. The molecule has 0 radical (unpaired) electrons. The molecule has 1 saturated heterocycles. The van der Waals surface area contributed by atoms with E-state index in [1.807, 2.05) is 26.1 Å². The fourth-order valence-electron chi connectivity index (χ4n) is 2.13. The van der Waals surface area contributed by atoms with Crippen molar-refractivity contribution < 1.29 is 4.79 Å². The van der Waals surface area contributed by atoms with E-state index in [4.69, 9.17) is 0 Å². The molecular formula is C13H18N6O. The summed E-state index contributed by atoms with van der Waals surface area (Å²) in [6.07, 6.45) is 1.71. The normalized spacial score (nSPS) is 15.1. The molecule has 1 fully saturated rings. The highest BCUT2D eigenvalue weighted by atomic mass is 16.2. The molecule has 2 aromatic rings. The standard InChI is InChI=1S/C13H18N6O/c1-9-3-4-10(18(9)2)7-15-13(20)12-8-19(17-16-12)11-5-14-6-11/h3-4,8,11,14H,5-7H2,1-2H3,(H,15,20). The van der Waals surface area contributed by atoms with E-state index >= 15 is 0 Å². The molecule has 7 heteroatoms. The number of amides is 1. The van der Waals surface area contributed by atoms with Crippen LogP contribution >= 0.6 is 0 Å². The Morgan fingerprint density at radius 2 is 2.30 bits per heavy atom. The Bertz CT molecular complexity index is 625. The number of aromatic nitrogens is 4. The lowest BCUT2D eigenvalue weighted by molar-refractivity contribution is 0.0945. The van der Waals surface area contributed by atoms with Gasteiger partial charge >= 0.3 is 0 Å². The molecule has 0 aliphatic carbocycles. The zero-order valence-electron chi connectivity index (χ0n) is 11.6. The van der Waals surface area contributed by atoms with E-state index < -0.39 is 0 Å². The number of hydrogen-bond donors (Lipinski definition) is 2. The van der Waals surface area contributed by atoms with E-state index in [0.29, 0.717) is 18.3 Å². The van der Waals surface area contributed by atoms with Gasteiger partial charge < -0.3 is 15.2 Å². The van der Waals surface area contributed by atoms with Crippen LogP contribution in [0, 0.1) is 6.92 Å². The Morgan fingerprint density at radius 1 is 1.50 bits per heavy atom. The van der Waals surface area contributed by atoms with Gasteiger partial charge in [0.25, 0.3) is 5.91 Å². The smallest absolute Gasteiger partial charge is 0.273 e. The van der Waals surface area contributed by atoms with E-state index in [2.05, 4.69) is 25.5 Å². The number of carbonyl (C=O) groups is 1. The third-order valence-corrected chi connectivity index (χ3v) is 3.78. The summed E-state index contributed by atoms with van der Waals surface area (Å²) in [5.41, 5.74) is 2.59. The molecule has 1 aliphatic heterocycles. The lowest BCUT2D eigenvalue weighted by atomic mass is 10.2. The summed E-state index contributed by atoms with van der Waals surface area (Å²) >= 11 is 0. The monoisotopic (exact) mass is 274 g/mol. The first-order valence-corrected chi connectivity index (χ1v) is 6.67. The molecular weight excluding hydrogens is 256 g/mol. The average molecular weight is 274 g/mol. The average Bonchev–Trinajstić information content (AvgIpc) is 2.95. The molecule has 0 saturated carbocycles. The number of nitrogens with zero attached hydrogens (tertiary/aromatic N) is 4. The van der Waals surface area contributed by atoms with Crippen LogP contribution in [0.15, 0.2) is 18.3 Å². The van der Waals surface area contributed by atoms with Gasteiger partial charge in [0.2, 0.25) is 0 Å². The second-order valence-electron chi connectivity index (χ2n) is 5.10. The van der Waals surface area contributed by atoms with Crippen molar-refractivity contribution in [2.75, 3.05) is 13.1 Å². The lowest BCUT2D eigenvalue weighted by Crippen LogP contribution is -2.43. The van der Waals surface area contributed by atoms with Crippen molar-refractivity contribution in [1.29, 1.82) is 0 Å². The van der Waals surface area contributed by atoms with Crippen LogP contribution in [0.2, 0.25) is 0 Å².